The number of rotatable bonds is 5. The number of aromatic nitrogens is 3. The Morgan fingerprint density at radius 3 is 2.35 bits per heavy atom. The van der Waals surface area contributed by atoms with Gasteiger partial charge in [0.1, 0.15) is 5.82 Å². The van der Waals surface area contributed by atoms with Gasteiger partial charge in [-0.05, 0) is 42.8 Å². The summed E-state index contributed by atoms with van der Waals surface area (Å²) < 4.78 is 13.2. The second-order valence-electron chi connectivity index (χ2n) is 8.03. The van der Waals surface area contributed by atoms with Crippen molar-refractivity contribution in [3.05, 3.63) is 106 Å². The molecule has 2 N–H and O–H groups in total. The molecule has 3 aromatic carbocycles. The zero-order valence-electron chi connectivity index (χ0n) is 18.3. The molecule has 168 valence electrons. The molecule has 5 rings (SSSR count). The van der Waals surface area contributed by atoms with Crippen molar-refractivity contribution in [3.8, 4) is 22.5 Å². The fourth-order valence-corrected chi connectivity index (χ4v) is 3.91. The van der Waals surface area contributed by atoms with E-state index < -0.39 is 0 Å². The molecule has 1 amide bonds. The molecule has 0 aliphatic heterocycles. The maximum Gasteiger partial charge on any atom is 0.252 e. The van der Waals surface area contributed by atoms with Crippen LogP contribution in [-0.2, 0) is 6.54 Å². The average molecular weight is 471 g/mol. The smallest absolute Gasteiger partial charge is 0.252 e. The number of hydrogen-bond donors (Lipinski definition) is 2. The molecule has 0 fully saturated rings. The summed E-state index contributed by atoms with van der Waals surface area (Å²) in [6.07, 6.45) is 0. The highest BCUT2D eigenvalue weighted by Crippen LogP contribution is 2.32. The first-order valence-electron chi connectivity index (χ1n) is 10.7. The molecule has 5 aromatic rings. The molecule has 34 heavy (non-hydrogen) atoms. The number of carbonyl (C=O) groups excluding carboxylic acids is 1. The Bertz CT molecular complexity index is 1480. The van der Waals surface area contributed by atoms with Gasteiger partial charge < -0.3 is 5.32 Å². The van der Waals surface area contributed by atoms with E-state index in [4.69, 9.17) is 16.6 Å². The molecule has 2 aromatic heterocycles. The number of pyridine rings is 1. The van der Waals surface area contributed by atoms with Crippen molar-refractivity contribution in [3.63, 3.8) is 0 Å². The Morgan fingerprint density at radius 1 is 0.971 bits per heavy atom. The maximum atomic E-state index is 13.4. The Morgan fingerprint density at radius 2 is 1.65 bits per heavy atom. The molecular formula is C27H20ClFN4O. The van der Waals surface area contributed by atoms with Gasteiger partial charge in [0.2, 0.25) is 0 Å². The first-order chi connectivity index (χ1) is 16.5. The number of aromatic amines is 1. The number of halogens is 2. The molecule has 5 nitrogen and oxygen atoms in total. The lowest BCUT2D eigenvalue weighted by molar-refractivity contribution is 0.0952. The number of aryl methyl sites for hydroxylation is 1. The van der Waals surface area contributed by atoms with Crippen molar-refractivity contribution in [2.45, 2.75) is 13.5 Å². The van der Waals surface area contributed by atoms with Crippen molar-refractivity contribution < 1.29 is 9.18 Å². The summed E-state index contributed by atoms with van der Waals surface area (Å²) in [5.41, 5.74) is 5.86. The lowest BCUT2D eigenvalue weighted by Crippen LogP contribution is -2.23. The van der Waals surface area contributed by atoms with Crippen LogP contribution in [0.25, 0.3) is 33.5 Å². The number of hydrogen-bond acceptors (Lipinski definition) is 3. The Kier molecular flexibility index (Phi) is 5.82. The highest BCUT2D eigenvalue weighted by molar-refractivity contribution is 6.30. The summed E-state index contributed by atoms with van der Waals surface area (Å²) in [4.78, 5) is 18.1. The second kappa shape index (κ2) is 9.08. The molecule has 0 unspecified atom stereocenters. The largest absolute Gasteiger partial charge is 0.348 e. The minimum absolute atomic E-state index is 0.261. The maximum absolute atomic E-state index is 13.4. The zero-order valence-corrected chi connectivity index (χ0v) is 19.0. The van der Waals surface area contributed by atoms with Gasteiger partial charge in [0, 0.05) is 22.7 Å². The molecule has 0 radical (unpaired) electrons. The van der Waals surface area contributed by atoms with E-state index in [2.05, 4.69) is 15.5 Å². The molecule has 0 atom stereocenters. The number of H-pyrrole nitrogens is 1. The SMILES string of the molecule is Cc1ccc(-c2cc(C(=O)NCc3ccc(F)cc3)c3c(-c4ccc(Cl)cc4)[nH]nc3n2)cc1. The van der Waals surface area contributed by atoms with Gasteiger partial charge in [0.05, 0.1) is 22.3 Å². The summed E-state index contributed by atoms with van der Waals surface area (Å²) in [7, 11) is 0. The van der Waals surface area contributed by atoms with Crippen LogP contribution in [-0.4, -0.2) is 21.1 Å². The topological polar surface area (TPSA) is 70.7 Å². The normalized spacial score (nSPS) is 11.0. The highest BCUT2D eigenvalue weighted by atomic mass is 35.5. The van der Waals surface area contributed by atoms with E-state index in [1.807, 2.05) is 43.3 Å². The van der Waals surface area contributed by atoms with Gasteiger partial charge in [-0.15, -0.1) is 0 Å². The molecule has 0 aliphatic rings. The Labute approximate surface area is 200 Å². The Balaban J connectivity index is 1.60. The van der Waals surface area contributed by atoms with E-state index in [0.717, 1.165) is 22.3 Å². The first kappa shape index (κ1) is 21.8. The molecule has 2 heterocycles. The summed E-state index contributed by atoms with van der Waals surface area (Å²) in [6, 6.07) is 23.0. The van der Waals surface area contributed by atoms with Gasteiger partial charge in [0.15, 0.2) is 5.65 Å². The van der Waals surface area contributed by atoms with Crippen LogP contribution < -0.4 is 5.32 Å². The molecule has 0 saturated heterocycles. The molecule has 7 heteroatoms. The molecular weight excluding hydrogens is 451 g/mol. The predicted molar refractivity (Wildman–Crippen MR) is 132 cm³/mol. The quantitative estimate of drug-likeness (QED) is 0.315. The predicted octanol–water partition coefficient (Wildman–Crippen LogP) is 6.32. The third-order valence-corrected chi connectivity index (χ3v) is 5.87. The molecule has 0 saturated carbocycles. The number of amides is 1. The third kappa shape index (κ3) is 4.40. The summed E-state index contributed by atoms with van der Waals surface area (Å²) in [5.74, 6) is -0.596. The van der Waals surface area contributed by atoms with Crippen molar-refractivity contribution >= 4 is 28.5 Å². The van der Waals surface area contributed by atoms with Crippen LogP contribution in [0.15, 0.2) is 78.9 Å². The number of carbonyl (C=O) groups is 1. The van der Waals surface area contributed by atoms with Crippen LogP contribution in [0.3, 0.4) is 0 Å². The Hall–Kier alpha value is -4.03. The van der Waals surface area contributed by atoms with E-state index in [-0.39, 0.29) is 18.3 Å². The van der Waals surface area contributed by atoms with Gasteiger partial charge in [-0.2, -0.15) is 5.10 Å². The minimum atomic E-state index is -0.320. The number of nitrogens with zero attached hydrogens (tertiary/aromatic N) is 2. The zero-order chi connectivity index (χ0) is 23.7. The van der Waals surface area contributed by atoms with Crippen molar-refractivity contribution in [1.82, 2.24) is 20.5 Å². The lowest BCUT2D eigenvalue weighted by Gasteiger charge is -2.10. The van der Waals surface area contributed by atoms with Gasteiger partial charge in [-0.1, -0.05) is 65.7 Å². The van der Waals surface area contributed by atoms with Gasteiger partial charge >= 0.3 is 0 Å². The molecule has 0 bridgehead atoms. The van der Waals surface area contributed by atoms with E-state index in [0.29, 0.717) is 33.0 Å². The van der Waals surface area contributed by atoms with Crippen LogP contribution in [0, 0.1) is 12.7 Å². The van der Waals surface area contributed by atoms with Crippen LogP contribution in [0.1, 0.15) is 21.5 Å². The first-order valence-corrected chi connectivity index (χ1v) is 11.1. The molecule has 0 aliphatic carbocycles. The number of nitrogens with one attached hydrogen (secondary N) is 2. The van der Waals surface area contributed by atoms with Gasteiger partial charge in [-0.3, -0.25) is 9.89 Å². The van der Waals surface area contributed by atoms with Gasteiger partial charge in [0.25, 0.3) is 5.91 Å². The van der Waals surface area contributed by atoms with Crippen molar-refractivity contribution in [2.24, 2.45) is 0 Å². The van der Waals surface area contributed by atoms with E-state index in [1.54, 1.807) is 30.3 Å². The van der Waals surface area contributed by atoms with Crippen molar-refractivity contribution in [1.29, 1.82) is 0 Å². The fourth-order valence-electron chi connectivity index (χ4n) is 3.78. The van der Waals surface area contributed by atoms with Gasteiger partial charge in [-0.25, -0.2) is 9.37 Å². The van der Waals surface area contributed by atoms with E-state index in [9.17, 15) is 9.18 Å². The summed E-state index contributed by atoms with van der Waals surface area (Å²) >= 11 is 6.06. The second-order valence-corrected chi connectivity index (χ2v) is 8.47. The average Bonchev–Trinajstić information content (AvgIpc) is 3.28. The fraction of sp³-hybridized carbons (Fsp3) is 0.0741. The van der Waals surface area contributed by atoms with Crippen LogP contribution in [0.4, 0.5) is 4.39 Å². The van der Waals surface area contributed by atoms with Crippen LogP contribution in [0.5, 0.6) is 0 Å². The lowest BCUT2D eigenvalue weighted by atomic mass is 10.0. The van der Waals surface area contributed by atoms with Crippen LogP contribution in [0.2, 0.25) is 5.02 Å². The van der Waals surface area contributed by atoms with E-state index in [1.165, 1.54) is 12.1 Å². The summed E-state index contributed by atoms with van der Waals surface area (Å²) in [5, 5.41) is 11.6. The number of fused-ring (bicyclic) bond motifs is 1. The summed E-state index contributed by atoms with van der Waals surface area (Å²) in [6.45, 7) is 2.28. The van der Waals surface area contributed by atoms with Crippen LogP contribution >= 0.6 is 11.6 Å². The van der Waals surface area contributed by atoms with Crippen molar-refractivity contribution in [2.75, 3.05) is 0 Å². The highest BCUT2D eigenvalue weighted by Gasteiger charge is 2.20. The standard InChI is InChI=1S/C27H20ClFN4O/c1-16-2-6-18(7-3-16)23-14-22(27(34)30-15-17-4-12-21(29)13-5-17)24-25(32-33-26(24)31-23)19-8-10-20(28)11-9-19/h2-14H,15H2,1H3,(H,30,34)(H,31,32,33). The van der Waals surface area contributed by atoms with E-state index >= 15 is 0 Å². The monoisotopic (exact) mass is 470 g/mol. The minimum Gasteiger partial charge on any atom is -0.348 e. The third-order valence-electron chi connectivity index (χ3n) is 5.62. The number of benzene rings is 3. The molecule has 0 spiro atoms.